The van der Waals surface area contributed by atoms with E-state index in [-0.39, 0.29) is 22.4 Å². The van der Waals surface area contributed by atoms with Gasteiger partial charge in [0.2, 0.25) is 0 Å². The minimum Gasteiger partial charge on any atom is -0.266 e. The van der Waals surface area contributed by atoms with Gasteiger partial charge in [0.1, 0.15) is 0 Å². The first kappa shape index (κ1) is 20.5. The molecule has 0 amide bonds. The van der Waals surface area contributed by atoms with E-state index in [2.05, 4.69) is 37.7 Å². The highest BCUT2D eigenvalue weighted by Crippen LogP contribution is 2.14. The Morgan fingerprint density at radius 2 is 1.05 bits per heavy atom. The van der Waals surface area contributed by atoms with Crippen molar-refractivity contribution in [1.82, 2.24) is 0 Å². The molecule has 0 fully saturated rings. The summed E-state index contributed by atoms with van der Waals surface area (Å²) in [6.45, 7) is 8.46. The second-order valence-corrected chi connectivity index (χ2v) is 7.05. The van der Waals surface area contributed by atoms with Gasteiger partial charge in [-0.2, -0.15) is 0 Å². The molecule has 0 rings (SSSR count). The normalized spacial score (nSPS) is 16.9. The van der Waals surface area contributed by atoms with Crippen LogP contribution in [0.4, 0.5) is 0 Å². The molecule has 0 spiro atoms. The van der Waals surface area contributed by atoms with Crippen molar-refractivity contribution < 1.29 is 0 Å². The number of alkyl halides is 2. The highest BCUT2D eigenvalue weighted by Gasteiger charge is 2.14. The molecule has 0 heterocycles. The van der Waals surface area contributed by atoms with Gasteiger partial charge in [0.15, 0.2) is 10.3 Å². The van der Waals surface area contributed by atoms with Crippen LogP contribution in [0, 0.1) is 11.8 Å². The zero-order valence-electron chi connectivity index (χ0n) is 12.5. The van der Waals surface area contributed by atoms with Gasteiger partial charge in [-0.05, 0) is 24.7 Å². The first-order valence-corrected chi connectivity index (χ1v) is 8.71. The summed E-state index contributed by atoms with van der Waals surface area (Å²) in [4.78, 5) is 8.69. The molecule has 0 aliphatic heterocycles. The van der Waals surface area contributed by atoms with Crippen molar-refractivity contribution in [2.24, 2.45) is 21.8 Å². The second-order valence-electron chi connectivity index (χ2n) is 5.72. The molecule has 0 N–H and O–H groups in total. The average molecular weight is 362 g/mol. The molecule has 0 aromatic carbocycles. The Kier molecular flexibility index (Phi) is 11.4. The van der Waals surface area contributed by atoms with Crippen molar-refractivity contribution >= 4 is 56.7 Å². The summed E-state index contributed by atoms with van der Waals surface area (Å²) in [6, 6.07) is -0.0691. The van der Waals surface area contributed by atoms with Crippen LogP contribution < -0.4 is 0 Å². The Hall–Kier alpha value is 0.500. The molecule has 2 nitrogen and oxygen atoms in total. The molecular formula is C14H24Cl4N2. The van der Waals surface area contributed by atoms with Crippen LogP contribution in [-0.4, -0.2) is 34.2 Å². The van der Waals surface area contributed by atoms with E-state index in [1.807, 2.05) is 0 Å². The van der Waals surface area contributed by atoms with Crippen LogP contribution in [0.1, 0.15) is 40.5 Å². The van der Waals surface area contributed by atoms with Crippen LogP contribution in [0.2, 0.25) is 0 Å². The SMILES string of the molecule is CC(C)C[C@@H](CCl)N=C(Cl)C(Cl)=N[C@H](CCl)CC(C)C. The molecule has 0 bridgehead atoms. The number of hydrogen-bond acceptors (Lipinski definition) is 2. The van der Waals surface area contributed by atoms with Crippen LogP contribution in [-0.2, 0) is 0 Å². The minimum atomic E-state index is -0.0346. The van der Waals surface area contributed by atoms with E-state index >= 15 is 0 Å². The number of rotatable bonds is 9. The maximum absolute atomic E-state index is 6.11. The zero-order chi connectivity index (χ0) is 15.7. The first-order chi connectivity index (χ1) is 9.29. The van der Waals surface area contributed by atoms with Gasteiger partial charge in [0.25, 0.3) is 0 Å². The summed E-state index contributed by atoms with van der Waals surface area (Å²) in [5.41, 5.74) is 0. The molecule has 0 unspecified atom stereocenters. The topological polar surface area (TPSA) is 24.7 Å². The van der Waals surface area contributed by atoms with Gasteiger partial charge in [-0.25, -0.2) is 0 Å². The molecular weight excluding hydrogens is 338 g/mol. The highest BCUT2D eigenvalue weighted by atomic mass is 35.5. The monoisotopic (exact) mass is 360 g/mol. The van der Waals surface area contributed by atoms with Crippen molar-refractivity contribution in [3.63, 3.8) is 0 Å². The van der Waals surface area contributed by atoms with Gasteiger partial charge in [0, 0.05) is 11.8 Å². The fourth-order valence-corrected chi connectivity index (χ4v) is 2.58. The number of halogens is 4. The first-order valence-electron chi connectivity index (χ1n) is 6.88. The van der Waals surface area contributed by atoms with E-state index in [0.717, 1.165) is 12.8 Å². The Morgan fingerprint density at radius 3 is 1.25 bits per heavy atom. The van der Waals surface area contributed by atoms with E-state index in [1.165, 1.54) is 0 Å². The van der Waals surface area contributed by atoms with E-state index in [0.29, 0.717) is 23.6 Å². The zero-order valence-corrected chi connectivity index (χ0v) is 15.6. The largest absolute Gasteiger partial charge is 0.266 e. The highest BCUT2D eigenvalue weighted by molar-refractivity contribution is 7.00. The Balaban J connectivity index is 4.82. The van der Waals surface area contributed by atoms with Crippen LogP contribution in [0.25, 0.3) is 0 Å². The number of aliphatic imine (C=N–C) groups is 2. The smallest absolute Gasteiger partial charge is 0.161 e. The van der Waals surface area contributed by atoms with Crippen LogP contribution >= 0.6 is 46.4 Å². The summed E-state index contributed by atoms with van der Waals surface area (Å²) in [6.07, 6.45) is 1.74. The van der Waals surface area contributed by atoms with E-state index in [1.54, 1.807) is 0 Å². The summed E-state index contributed by atoms with van der Waals surface area (Å²) < 4.78 is 0. The molecule has 0 aromatic rings. The second kappa shape index (κ2) is 11.1. The third-order valence-corrected chi connectivity index (χ3v) is 3.97. The Bertz CT molecular complexity index is 295. The maximum Gasteiger partial charge on any atom is 0.161 e. The van der Waals surface area contributed by atoms with Crippen molar-refractivity contribution in [3.05, 3.63) is 0 Å². The molecule has 0 aliphatic carbocycles. The molecule has 0 radical (unpaired) electrons. The van der Waals surface area contributed by atoms with Gasteiger partial charge in [-0.15, -0.1) is 23.2 Å². The predicted octanol–water partition coefficient (Wildman–Crippen LogP) is 5.57. The molecule has 20 heavy (non-hydrogen) atoms. The molecule has 0 aromatic heterocycles. The quantitative estimate of drug-likeness (QED) is 0.379. The molecule has 0 aliphatic rings. The summed E-state index contributed by atoms with van der Waals surface area (Å²) in [5, 5.41) is 0.439. The van der Waals surface area contributed by atoms with Gasteiger partial charge in [-0.3, -0.25) is 9.98 Å². The molecule has 0 saturated heterocycles. The average Bonchev–Trinajstić information content (AvgIpc) is 2.35. The van der Waals surface area contributed by atoms with E-state index in [9.17, 15) is 0 Å². The third kappa shape index (κ3) is 9.44. The van der Waals surface area contributed by atoms with Gasteiger partial charge >= 0.3 is 0 Å². The maximum atomic E-state index is 6.11. The predicted molar refractivity (Wildman–Crippen MR) is 94.5 cm³/mol. The fourth-order valence-electron chi connectivity index (χ4n) is 1.82. The molecule has 2 atom stereocenters. The van der Waals surface area contributed by atoms with Gasteiger partial charge < -0.3 is 0 Å². The van der Waals surface area contributed by atoms with E-state index < -0.39 is 0 Å². The summed E-state index contributed by atoms with van der Waals surface area (Å²) >= 11 is 24.0. The molecule has 6 heteroatoms. The van der Waals surface area contributed by atoms with Crippen LogP contribution in [0.15, 0.2) is 9.98 Å². The van der Waals surface area contributed by atoms with Crippen LogP contribution in [0.3, 0.4) is 0 Å². The van der Waals surface area contributed by atoms with Crippen molar-refractivity contribution in [2.45, 2.75) is 52.6 Å². The summed E-state index contributed by atoms with van der Waals surface area (Å²) in [5.74, 6) is 1.84. The minimum absolute atomic E-state index is 0.0346. The van der Waals surface area contributed by atoms with Gasteiger partial charge in [-0.1, -0.05) is 50.9 Å². The molecule has 118 valence electrons. The number of nitrogens with zero attached hydrogens (tertiary/aromatic N) is 2. The lowest BCUT2D eigenvalue weighted by atomic mass is 10.1. The van der Waals surface area contributed by atoms with Crippen molar-refractivity contribution in [1.29, 1.82) is 0 Å². The fraction of sp³-hybridized carbons (Fsp3) is 0.857. The van der Waals surface area contributed by atoms with Crippen molar-refractivity contribution in [2.75, 3.05) is 11.8 Å². The standard InChI is InChI=1S/C14H24Cl4N2/c1-9(2)5-11(7-15)19-13(17)14(18)20-12(8-16)6-10(3)4/h9-12H,5-8H2,1-4H3/t11-,12-/m0/s1. The third-order valence-electron chi connectivity index (χ3n) is 2.61. The summed E-state index contributed by atoms with van der Waals surface area (Å²) in [7, 11) is 0. The Morgan fingerprint density at radius 1 is 0.750 bits per heavy atom. The van der Waals surface area contributed by atoms with Gasteiger partial charge in [0.05, 0.1) is 12.1 Å². The Labute approximate surface area is 142 Å². The van der Waals surface area contributed by atoms with Crippen molar-refractivity contribution in [3.8, 4) is 0 Å². The lowest BCUT2D eigenvalue weighted by molar-refractivity contribution is 0.523. The number of hydrogen-bond donors (Lipinski definition) is 0. The van der Waals surface area contributed by atoms with E-state index in [4.69, 9.17) is 46.4 Å². The lowest BCUT2D eigenvalue weighted by Gasteiger charge is -2.14. The molecule has 0 saturated carbocycles. The lowest BCUT2D eigenvalue weighted by Crippen LogP contribution is -2.17. The van der Waals surface area contributed by atoms with Crippen LogP contribution in [0.5, 0.6) is 0 Å².